The summed E-state index contributed by atoms with van der Waals surface area (Å²) in [4.78, 5) is 19.4. The van der Waals surface area contributed by atoms with Crippen LogP contribution in [0, 0.1) is 5.82 Å². The Morgan fingerprint density at radius 2 is 1.83 bits per heavy atom. The molecular formula is C26H20ClFN4O3. The first-order valence-corrected chi connectivity index (χ1v) is 11.1. The van der Waals surface area contributed by atoms with E-state index in [-0.39, 0.29) is 17.7 Å². The number of anilines is 1. The zero-order chi connectivity index (χ0) is 24.5. The molecule has 1 N–H and O–H groups in total. The molecular weight excluding hydrogens is 471 g/mol. The second kappa shape index (κ2) is 9.23. The van der Waals surface area contributed by atoms with Crippen LogP contribution in [0.1, 0.15) is 24.4 Å². The summed E-state index contributed by atoms with van der Waals surface area (Å²) in [6.45, 7) is 1.79. The maximum atomic E-state index is 13.6. The van der Waals surface area contributed by atoms with Crippen LogP contribution in [-0.4, -0.2) is 23.3 Å². The van der Waals surface area contributed by atoms with E-state index >= 15 is 0 Å². The van der Waals surface area contributed by atoms with Gasteiger partial charge in [0.15, 0.2) is 0 Å². The SMILES string of the molecule is COc1ccc(N2C(=O)NC(c3ccc(F)cc3)C(c3nc(-c4ccccc4)no3)=C2C)cc1Cl. The maximum Gasteiger partial charge on any atom is 0.326 e. The van der Waals surface area contributed by atoms with Crippen LogP contribution in [0.15, 0.2) is 83.0 Å². The zero-order valence-corrected chi connectivity index (χ0v) is 19.6. The molecule has 0 fully saturated rings. The first-order chi connectivity index (χ1) is 17.0. The molecule has 2 heterocycles. The van der Waals surface area contributed by atoms with E-state index in [4.69, 9.17) is 20.9 Å². The molecule has 1 aliphatic rings. The van der Waals surface area contributed by atoms with Crippen molar-refractivity contribution >= 4 is 28.9 Å². The third kappa shape index (κ3) is 4.24. The van der Waals surface area contributed by atoms with E-state index in [0.29, 0.717) is 39.1 Å². The Labute approximate surface area is 205 Å². The predicted octanol–water partition coefficient (Wildman–Crippen LogP) is 6.24. The molecule has 0 bridgehead atoms. The molecule has 0 radical (unpaired) electrons. The van der Waals surface area contributed by atoms with Gasteiger partial charge in [0, 0.05) is 11.3 Å². The Bertz CT molecular complexity index is 1420. The van der Waals surface area contributed by atoms with Crippen molar-refractivity contribution in [3.63, 3.8) is 0 Å². The highest BCUT2D eigenvalue weighted by Gasteiger charge is 2.36. The first kappa shape index (κ1) is 22.6. The number of allylic oxidation sites excluding steroid dienone is 1. The number of hydrogen-bond acceptors (Lipinski definition) is 5. The van der Waals surface area contributed by atoms with Crippen LogP contribution in [0.4, 0.5) is 14.9 Å². The average molecular weight is 491 g/mol. The van der Waals surface area contributed by atoms with Crippen LogP contribution in [-0.2, 0) is 0 Å². The average Bonchev–Trinajstić information content (AvgIpc) is 3.35. The Kier molecular flexibility index (Phi) is 5.96. The van der Waals surface area contributed by atoms with Crippen LogP contribution in [0.5, 0.6) is 5.75 Å². The maximum absolute atomic E-state index is 13.6. The van der Waals surface area contributed by atoms with E-state index < -0.39 is 6.04 Å². The standard InChI is InChI=1S/C26H20ClFN4O3/c1-15-22(25-30-24(31-35-25)17-6-4-3-5-7-17)23(16-8-10-18(28)11-9-16)29-26(33)32(15)19-12-13-21(34-2)20(27)14-19/h3-14,23H,1-2H3,(H,29,33). The lowest BCUT2D eigenvalue weighted by molar-refractivity contribution is 0.244. The number of nitrogens with one attached hydrogen (secondary N) is 1. The number of methoxy groups -OCH3 is 1. The van der Waals surface area contributed by atoms with Crippen molar-refractivity contribution < 1.29 is 18.4 Å². The predicted molar refractivity (Wildman–Crippen MR) is 130 cm³/mol. The normalized spacial score (nSPS) is 15.8. The Morgan fingerprint density at radius 1 is 1.09 bits per heavy atom. The van der Waals surface area contributed by atoms with E-state index in [1.54, 1.807) is 37.3 Å². The van der Waals surface area contributed by atoms with E-state index in [1.165, 1.54) is 24.1 Å². The number of rotatable bonds is 5. The Hall–Kier alpha value is -4.17. The fourth-order valence-corrected chi connectivity index (χ4v) is 4.32. The minimum atomic E-state index is -0.642. The van der Waals surface area contributed by atoms with Gasteiger partial charge in [-0.25, -0.2) is 9.18 Å². The van der Waals surface area contributed by atoms with Crippen LogP contribution >= 0.6 is 11.6 Å². The minimum absolute atomic E-state index is 0.236. The van der Waals surface area contributed by atoms with Gasteiger partial charge in [-0.3, -0.25) is 4.90 Å². The molecule has 0 aliphatic carbocycles. The van der Waals surface area contributed by atoms with Crippen molar-refractivity contribution in [2.45, 2.75) is 13.0 Å². The number of nitrogens with zero attached hydrogens (tertiary/aromatic N) is 3. The van der Waals surface area contributed by atoms with Crippen LogP contribution < -0.4 is 15.0 Å². The number of carbonyl (C=O) groups is 1. The molecule has 1 atom stereocenters. The van der Waals surface area contributed by atoms with Gasteiger partial charge in [-0.2, -0.15) is 4.98 Å². The van der Waals surface area contributed by atoms with Crippen molar-refractivity contribution in [3.8, 4) is 17.1 Å². The lowest BCUT2D eigenvalue weighted by atomic mass is 9.94. The fraction of sp³-hybridized carbons (Fsp3) is 0.115. The lowest BCUT2D eigenvalue weighted by Gasteiger charge is -2.35. The van der Waals surface area contributed by atoms with Crippen LogP contribution in [0.2, 0.25) is 5.02 Å². The molecule has 35 heavy (non-hydrogen) atoms. The summed E-state index contributed by atoms with van der Waals surface area (Å²) in [6.07, 6.45) is 0. The fourth-order valence-electron chi connectivity index (χ4n) is 4.07. The molecule has 3 aromatic carbocycles. The van der Waals surface area contributed by atoms with E-state index in [1.807, 2.05) is 30.3 Å². The monoisotopic (exact) mass is 490 g/mol. The molecule has 9 heteroatoms. The lowest BCUT2D eigenvalue weighted by Crippen LogP contribution is -2.46. The summed E-state index contributed by atoms with van der Waals surface area (Å²) in [6, 6.07) is 19.4. The molecule has 1 aliphatic heterocycles. The quantitative estimate of drug-likeness (QED) is 0.358. The molecule has 176 valence electrons. The van der Waals surface area contributed by atoms with Gasteiger partial charge >= 0.3 is 6.03 Å². The molecule has 0 saturated heterocycles. The highest BCUT2D eigenvalue weighted by Crippen LogP contribution is 2.40. The van der Waals surface area contributed by atoms with E-state index in [2.05, 4.69) is 15.5 Å². The third-order valence-electron chi connectivity index (χ3n) is 5.77. The van der Waals surface area contributed by atoms with Gasteiger partial charge in [0.1, 0.15) is 11.6 Å². The summed E-state index contributed by atoms with van der Waals surface area (Å²) in [5, 5.41) is 7.48. The summed E-state index contributed by atoms with van der Waals surface area (Å²) in [5.41, 5.74) is 3.13. The molecule has 2 amide bonds. The van der Waals surface area contributed by atoms with Crippen molar-refractivity contribution in [3.05, 3.63) is 101 Å². The number of urea groups is 1. The van der Waals surface area contributed by atoms with Crippen molar-refractivity contribution in [1.82, 2.24) is 15.5 Å². The van der Waals surface area contributed by atoms with Gasteiger partial charge < -0.3 is 14.6 Å². The summed E-state index contributed by atoms with van der Waals surface area (Å²) in [7, 11) is 1.52. The van der Waals surface area contributed by atoms with Gasteiger partial charge in [-0.15, -0.1) is 0 Å². The van der Waals surface area contributed by atoms with Crippen molar-refractivity contribution in [2.75, 3.05) is 12.0 Å². The number of ether oxygens (including phenoxy) is 1. The number of hydrogen-bond donors (Lipinski definition) is 1. The second-order valence-corrected chi connectivity index (χ2v) is 8.28. The number of halogens is 2. The van der Waals surface area contributed by atoms with E-state index in [0.717, 1.165) is 5.56 Å². The van der Waals surface area contributed by atoms with Gasteiger partial charge in [0.25, 0.3) is 5.89 Å². The van der Waals surface area contributed by atoms with Crippen LogP contribution in [0.25, 0.3) is 17.0 Å². The molecule has 7 nitrogen and oxygen atoms in total. The third-order valence-corrected chi connectivity index (χ3v) is 6.07. The molecule has 4 aromatic rings. The minimum Gasteiger partial charge on any atom is -0.495 e. The largest absolute Gasteiger partial charge is 0.495 e. The van der Waals surface area contributed by atoms with E-state index in [9.17, 15) is 9.18 Å². The highest BCUT2D eigenvalue weighted by atomic mass is 35.5. The molecule has 0 spiro atoms. The van der Waals surface area contributed by atoms with Crippen molar-refractivity contribution in [1.29, 1.82) is 0 Å². The second-order valence-electron chi connectivity index (χ2n) is 7.88. The number of amides is 2. The zero-order valence-electron chi connectivity index (χ0n) is 18.8. The van der Waals surface area contributed by atoms with Gasteiger partial charge in [0.2, 0.25) is 5.82 Å². The molecule has 1 unspecified atom stereocenters. The summed E-state index contributed by atoms with van der Waals surface area (Å²) >= 11 is 6.33. The molecule has 0 saturated carbocycles. The molecule has 5 rings (SSSR count). The van der Waals surface area contributed by atoms with Gasteiger partial charge in [-0.05, 0) is 42.8 Å². The highest BCUT2D eigenvalue weighted by molar-refractivity contribution is 6.32. The Balaban J connectivity index is 1.65. The molecule has 1 aromatic heterocycles. The van der Waals surface area contributed by atoms with Crippen molar-refractivity contribution in [2.24, 2.45) is 0 Å². The summed E-state index contributed by atoms with van der Waals surface area (Å²) in [5.74, 6) is 0.759. The number of benzene rings is 3. The van der Waals surface area contributed by atoms with Crippen LogP contribution in [0.3, 0.4) is 0 Å². The smallest absolute Gasteiger partial charge is 0.326 e. The first-order valence-electron chi connectivity index (χ1n) is 10.8. The number of aromatic nitrogens is 2. The number of carbonyl (C=O) groups excluding carboxylic acids is 1. The summed E-state index contributed by atoms with van der Waals surface area (Å²) < 4.78 is 24.5. The Morgan fingerprint density at radius 3 is 2.51 bits per heavy atom. The van der Waals surface area contributed by atoms with Gasteiger partial charge in [0.05, 0.1) is 29.4 Å². The van der Waals surface area contributed by atoms with Gasteiger partial charge in [-0.1, -0.05) is 59.2 Å². The topological polar surface area (TPSA) is 80.5 Å².